The van der Waals surface area contributed by atoms with Crippen molar-refractivity contribution in [1.82, 2.24) is 14.3 Å². The Labute approximate surface area is 172 Å². The Morgan fingerprint density at radius 3 is 2.45 bits per heavy atom. The highest BCUT2D eigenvalue weighted by Gasteiger charge is 2.54. The van der Waals surface area contributed by atoms with Crippen LogP contribution in [0.15, 0.2) is 53.6 Å². The molecule has 2 aromatic carbocycles. The molecule has 6 nitrogen and oxygen atoms in total. The third kappa shape index (κ3) is 4.05. The van der Waals surface area contributed by atoms with Crippen molar-refractivity contribution >= 4 is 0 Å². The molecule has 0 radical (unpaired) electrons. The van der Waals surface area contributed by atoms with Gasteiger partial charge in [-0.25, -0.2) is 22.8 Å². The van der Waals surface area contributed by atoms with Crippen LogP contribution in [0.2, 0.25) is 0 Å². The van der Waals surface area contributed by atoms with Crippen molar-refractivity contribution in [2.45, 2.75) is 24.7 Å². The van der Waals surface area contributed by atoms with Crippen molar-refractivity contribution in [1.29, 1.82) is 0 Å². The van der Waals surface area contributed by atoms with Gasteiger partial charge in [0, 0.05) is 11.6 Å². The largest absolute Gasteiger partial charge is 0.484 e. The van der Waals surface area contributed by atoms with Crippen molar-refractivity contribution in [2.75, 3.05) is 13.2 Å². The lowest BCUT2D eigenvalue weighted by atomic mass is 9.92. The Morgan fingerprint density at radius 2 is 1.87 bits per heavy atom. The predicted octanol–water partition coefficient (Wildman–Crippen LogP) is 3.74. The first-order valence-corrected chi connectivity index (χ1v) is 9.16. The molecule has 3 aromatic rings. The van der Waals surface area contributed by atoms with E-state index in [1.807, 2.05) is 0 Å². The highest BCUT2D eigenvalue weighted by molar-refractivity contribution is 5.37. The molecule has 0 saturated carbocycles. The molecule has 164 valence electrons. The molecule has 1 aliphatic heterocycles. The van der Waals surface area contributed by atoms with E-state index in [2.05, 4.69) is 9.84 Å². The minimum Gasteiger partial charge on any atom is -0.484 e. The van der Waals surface area contributed by atoms with E-state index in [0.29, 0.717) is 5.69 Å². The number of aromatic nitrogens is 3. The summed E-state index contributed by atoms with van der Waals surface area (Å²) >= 11 is 0. The Balaban J connectivity index is 1.58. The fraction of sp³-hybridized carbons (Fsp3) is 0.300. The number of epoxide rings is 1. The summed E-state index contributed by atoms with van der Waals surface area (Å²) in [6.45, 7) is 0.327. The standard InChI is InChI=1S/C20H16F5N3O3/c1-12(19(9-31-19)16-7-2-13(21)8-17(16)22)28-18(29)27(11-26-28)14-3-5-15(6-4-14)30-10-20(23,24)25/h2-8,11-12H,9-10H2,1H3/t12-,19+/m1/s1. The second-order valence-electron chi connectivity index (χ2n) is 7.10. The average Bonchev–Trinajstić information content (AvgIpc) is 3.42. The fourth-order valence-corrected chi connectivity index (χ4v) is 3.36. The monoisotopic (exact) mass is 441 g/mol. The Hall–Kier alpha value is -3.21. The van der Waals surface area contributed by atoms with Crippen LogP contribution in [-0.4, -0.2) is 33.7 Å². The van der Waals surface area contributed by atoms with Gasteiger partial charge in [-0.15, -0.1) is 0 Å². The van der Waals surface area contributed by atoms with E-state index in [1.54, 1.807) is 6.92 Å². The second kappa shape index (κ2) is 7.49. The molecular weight excluding hydrogens is 425 g/mol. The van der Waals surface area contributed by atoms with E-state index >= 15 is 0 Å². The van der Waals surface area contributed by atoms with Gasteiger partial charge in [-0.05, 0) is 37.3 Å². The van der Waals surface area contributed by atoms with Crippen LogP contribution in [0.1, 0.15) is 18.5 Å². The zero-order valence-electron chi connectivity index (χ0n) is 16.1. The predicted molar refractivity (Wildman–Crippen MR) is 98.1 cm³/mol. The maximum absolute atomic E-state index is 14.3. The minimum atomic E-state index is -4.46. The van der Waals surface area contributed by atoms with Gasteiger partial charge in [0.15, 0.2) is 6.61 Å². The number of halogens is 5. The maximum atomic E-state index is 14.3. The zero-order valence-corrected chi connectivity index (χ0v) is 16.1. The summed E-state index contributed by atoms with van der Waals surface area (Å²) in [5.41, 5.74) is -1.25. The molecule has 0 bridgehead atoms. The summed E-state index contributed by atoms with van der Waals surface area (Å²) in [7, 11) is 0. The van der Waals surface area contributed by atoms with Crippen LogP contribution in [0.4, 0.5) is 22.0 Å². The molecule has 1 aliphatic rings. The van der Waals surface area contributed by atoms with Gasteiger partial charge in [0.25, 0.3) is 0 Å². The minimum absolute atomic E-state index is 0.00741. The lowest BCUT2D eigenvalue weighted by Crippen LogP contribution is -2.33. The first kappa shape index (κ1) is 21.0. The van der Waals surface area contributed by atoms with Crippen molar-refractivity contribution in [3.63, 3.8) is 0 Å². The van der Waals surface area contributed by atoms with Crippen LogP contribution in [0.5, 0.6) is 5.75 Å². The lowest BCUT2D eigenvalue weighted by Gasteiger charge is -2.20. The lowest BCUT2D eigenvalue weighted by molar-refractivity contribution is -0.153. The normalized spacial score (nSPS) is 19.3. The average molecular weight is 441 g/mol. The Kier molecular flexibility index (Phi) is 5.08. The molecular formula is C20H16F5N3O3. The summed E-state index contributed by atoms with van der Waals surface area (Å²) in [4.78, 5) is 12.9. The van der Waals surface area contributed by atoms with Gasteiger partial charge in [-0.2, -0.15) is 18.3 Å². The van der Waals surface area contributed by atoms with Crippen LogP contribution in [-0.2, 0) is 10.3 Å². The summed E-state index contributed by atoms with van der Waals surface area (Å²) in [6, 6.07) is 7.83. The van der Waals surface area contributed by atoms with Crippen LogP contribution < -0.4 is 10.4 Å². The van der Waals surface area contributed by atoms with Crippen LogP contribution in [0.3, 0.4) is 0 Å². The number of hydrogen-bond acceptors (Lipinski definition) is 4. The molecule has 1 aromatic heterocycles. The van der Waals surface area contributed by atoms with Crippen molar-refractivity contribution in [3.05, 3.63) is 76.5 Å². The fourth-order valence-electron chi connectivity index (χ4n) is 3.36. The van der Waals surface area contributed by atoms with Gasteiger partial charge in [-0.1, -0.05) is 6.07 Å². The van der Waals surface area contributed by atoms with E-state index in [0.717, 1.165) is 16.8 Å². The second-order valence-corrected chi connectivity index (χ2v) is 7.10. The number of rotatable bonds is 6. The van der Waals surface area contributed by atoms with Crippen LogP contribution in [0, 0.1) is 11.6 Å². The van der Waals surface area contributed by atoms with E-state index in [-0.39, 0.29) is 17.9 Å². The Morgan fingerprint density at radius 1 is 1.19 bits per heavy atom. The van der Waals surface area contributed by atoms with E-state index in [1.165, 1.54) is 41.2 Å². The quantitative estimate of drug-likeness (QED) is 0.432. The molecule has 0 amide bonds. The van der Waals surface area contributed by atoms with Crippen LogP contribution >= 0.6 is 0 Å². The smallest absolute Gasteiger partial charge is 0.422 e. The summed E-state index contributed by atoms with van der Waals surface area (Å²) in [5.74, 6) is -1.52. The molecule has 31 heavy (non-hydrogen) atoms. The van der Waals surface area contributed by atoms with Gasteiger partial charge in [0.1, 0.15) is 29.3 Å². The number of alkyl halides is 3. The van der Waals surface area contributed by atoms with E-state index in [9.17, 15) is 26.7 Å². The molecule has 11 heteroatoms. The molecule has 0 spiro atoms. The molecule has 1 saturated heterocycles. The molecule has 2 heterocycles. The molecule has 1 fully saturated rings. The van der Waals surface area contributed by atoms with Gasteiger partial charge in [0.2, 0.25) is 0 Å². The van der Waals surface area contributed by atoms with Crippen LogP contribution in [0.25, 0.3) is 5.69 Å². The topological polar surface area (TPSA) is 61.6 Å². The van der Waals surface area contributed by atoms with Crippen molar-refractivity contribution in [2.24, 2.45) is 0 Å². The molecule has 0 N–H and O–H groups in total. The highest BCUT2D eigenvalue weighted by atomic mass is 19.4. The molecule has 0 aliphatic carbocycles. The van der Waals surface area contributed by atoms with Gasteiger partial charge < -0.3 is 9.47 Å². The third-order valence-electron chi connectivity index (χ3n) is 5.10. The van der Waals surface area contributed by atoms with E-state index in [4.69, 9.17) is 4.74 Å². The van der Waals surface area contributed by atoms with Crippen molar-refractivity contribution in [3.8, 4) is 11.4 Å². The summed E-state index contributed by atoms with van der Waals surface area (Å²) in [5, 5.41) is 4.07. The highest BCUT2D eigenvalue weighted by Crippen LogP contribution is 2.48. The molecule has 4 rings (SSSR count). The third-order valence-corrected chi connectivity index (χ3v) is 5.10. The number of hydrogen-bond donors (Lipinski definition) is 0. The Bertz CT molecular complexity index is 1150. The summed E-state index contributed by atoms with van der Waals surface area (Å²) < 4.78 is 76.7. The van der Waals surface area contributed by atoms with Gasteiger partial charge >= 0.3 is 11.9 Å². The van der Waals surface area contributed by atoms with Gasteiger partial charge in [-0.3, -0.25) is 0 Å². The van der Waals surface area contributed by atoms with E-state index < -0.39 is 41.8 Å². The molecule has 2 atom stereocenters. The number of benzene rings is 2. The summed E-state index contributed by atoms with van der Waals surface area (Å²) in [6.07, 6.45) is -3.22. The van der Waals surface area contributed by atoms with Gasteiger partial charge in [0.05, 0.1) is 18.3 Å². The SMILES string of the molecule is C[C@@H](n1ncn(-c2ccc(OCC(F)(F)F)cc2)c1=O)[C@]1(c2ccc(F)cc2F)CO1. The number of nitrogens with zero attached hydrogens (tertiary/aromatic N) is 3. The first-order chi connectivity index (χ1) is 14.6. The van der Waals surface area contributed by atoms with Crippen molar-refractivity contribution < 1.29 is 31.4 Å². The number of ether oxygens (including phenoxy) is 2. The maximum Gasteiger partial charge on any atom is 0.422 e. The molecule has 0 unspecified atom stereocenters. The first-order valence-electron chi connectivity index (χ1n) is 9.16. The zero-order chi connectivity index (χ0) is 22.4.